The van der Waals surface area contributed by atoms with E-state index in [2.05, 4.69) is 25.1 Å². The van der Waals surface area contributed by atoms with E-state index in [1.165, 1.54) is 11.3 Å². The summed E-state index contributed by atoms with van der Waals surface area (Å²) < 4.78 is 7.25. The van der Waals surface area contributed by atoms with E-state index in [9.17, 15) is 4.79 Å². The molecule has 0 unspecified atom stereocenters. The van der Waals surface area contributed by atoms with Gasteiger partial charge in [0.2, 0.25) is 5.91 Å². The monoisotopic (exact) mass is 384 g/mol. The molecule has 1 amide bonds. The normalized spacial score (nSPS) is 11.0. The number of imidazole rings is 1. The summed E-state index contributed by atoms with van der Waals surface area (Å²) in [6.45, 7) is 0. The lowest BCUT2D eigenvalue weighted by molar-refractivity contribution is -0.116. The molecule has 0 aliphatic heterocycles. The summed E-state index contributed by atoms with van der Waals surface area (Å²) in [7, 11) is 1.65. The molecule has 0 atom stereocenters. The molecular weight excluding hydrogens is 368 g/mol. The number of benzene rings is 1. The van der Waals surface area contributed by atoms with Crippen molar-refractivity contribution in [3.05, 3.63) is 53.1 Å². The predicted molar refractivity (Wildman–Crippen MR) is 104 cm³/mol. The first-order valence-electron chi connectivity index (χ1n) is 8.02. The molecule has 132 valence electrons. The van der Waals surface area contributed by atoms with Crippen molar-refractivity contribution < 1.29 is 9.53 Å². The van der Waals surface area contributed by atoms with Crippen molar-refractivity contribution >= 4 is 38.7 Å². The molecule has 0 bridgehead atoms. The van der Waals surface area contributed by atoms with Crippen LogP contribution in [-0.4, -0.2) is 27.4 Å². The van der Waals surface area contributed by atoms with Crippen LogP contribution < -0.4 is 10.1 Å². The van der Waals surface area contributed by atoms with Crippen LogP contribution in [0, 0.1) is 0 Å². The van der Waals surface area contributed by atoms with Gasteiger partial charge in [-0.2, -0.15) is 0 Å². The molecule has 4 rings (SSSR count). The lowest BCUT2D eigenvalue weighted by atomic mass is 10.1. The number of thiazole rings is 2. The molecule has 3 heterocycles. The summed E-state index contributed by atoms with van der Waals surface area (Å²) in [5, 5.41) is 7.33. The van der Waals surface area contributed by atoms with Gasteiger partial charge in [0.15, 0.2) is 10.1 Å². The Morgan fingerprint density at radius 1 is 1.27 bits per heavy atom. The molecule has 3 aromatic heterocycles. The van der Waals surface area contributed by atoms with E-state index in [0.717, 1.165) is 27.7 Å². The third kappa shape index (κ3) is 3.47. The minimum absolute atomic E-state index is 0.0326. The molecule has 6 nitrogen and oxygen atoms in total. The number of nitrogens with zero attached hydrogens (tertiary/aromatic N) is 3. The first-order chi connectivity index (χ1) is 12.7. The Kier molecular flexibility index (Phi) is 4.68. The molecule has 0 fully saturated rings. The number of fused-ring (bicyclic) bond motifs is 1. The van der Waals surface area contributed by atoms with Crippen molar-refractivity contribution in [3.63, 3.8) is 0 Å². The summed E-state index contributed by atoms with van der Waals surface area (Å²) in [6, 6.07) is 7.83. The third-order valence-corrected chi connectivity index (χ3v) is 5.53. The molecule has 0 aliphatic rings. The lowest BCUT2D eigenvalue weighted by Crippen LogP contribution is -2.12. The number of carbonyl (C=O) groups is 1. The number of methoxy groups -OCH3 is 1. The maximum absolute atomic E-state index is 12.1. The maximum atomic E-state index is 12.1. The number of nitrogens with one attached hydrogen (secondary N) is 1. The zero-order chi connectivity index (χ0) is 17.9. The minimum atomic E-state index is -0.0326. The molecule has 1 N–H and O–H groups in total. The molecule has 1 aromatic carbocycles. The van der Waals surface area contributed by atoms with E-state index in [0.29, 0.717) is 18.0 Å². The Morgan fingerprint density at radius 3 is 2.85 bits per heavy atom. The van der Waals surface area contributed by atoms with Crippen LogP contribution in [-0.2, 0) is 11.2 Å². The Hall–Kier alpha value is -2.71. The van der Waals surface area contributed by atoms with E-state index < -0.39 is 0 Å². The van der Waals surface area contributed by atoms with E-state index in [1.54, 1.807) is 24.6 Å². The van der Waals surface area contributed by atoms with Crippen LogP contribution in [0.2, 0.25) is 0 Å². The maximum Gasteiger partial charge on any atom is 0.226 e. The minimum Gasteiger partial charge on any atom is -0.497 e. The topological polar surface area (TPSA) is 68.5 Å². The number of hydrogen-bond donors (Lipinski definition) is 1. The SMILES string of the molecule is COc1ccc(-c2cn3c(CCC(=O)Nc4nccs4)csc3n2)cc1. The largest absolute Gasteiger partial charge is 0.497 e. The fraction of sp³-hybridized carbons (Fsp3) is 0.167. The Labute approximate surface area is 158 Å². The van der Waals surface area contributed by atoms with Gasteiger partial charge in [0.1, 0.15) is 5.75 Å². The second-order valence-electron chi connectivity index (χ2n) is 5.62. The first kappa shape index (κ1) is 16.7. The van der Waals surface area contributed by atoms with Crippen molar-refractivity contribution in [2.24, 2.45) is 0 Å². The number of aromatic nitrogens is 3. The van der Waals surface area contributed by atoms with Crippen molar-refractivity contribution in [1.29, 1.82) is 0 Å². The summed E-state index contributed by atoms with van der Waals surface area (Å²) in [4.78, 5) is 21.7. The van der Waals surface area contributed by atoms with Crippen LogP contribution in [0.1, 0.15) is 12.1 Å². The van der Waals surface area contributed by atoms with E-state index in [4.69, 9.17) is 4.74 Å². The molecular formula is C18H16N4O2S2. The second kappa shape index (κ2) is 7.27. The van der Waals surface area contributed by atoms with Gasteiger partial charge in [-0.3, -0.25) is 9.20 Å². The fourth-order valence-electron chi connectivity index (χ4n) is 2.62. The summed E-state index contributed by atoms with van der Waals surface area (Å²) in [5.41, 5.74) is 3.02. The molecule has 26 heavy (non-hydrogen) atoms. The number of anilines is 1. The van der Waals surface area contributed by atoms with Crippen molar-refractivity contribution in [2.75, 3.05) is 12.4 Å². The Bertz CT molecular complexity index is 1020. The van der Waals surface area contributed by atoms with Gasteiger partial charge in [0, 0.05) is 40.8 Å². The highest BCUT2D eigenvalue weighted by molar-refractivity contribution is 7.15. The van der Waals surface area contributed by atoms with Crippen LogP contribution >= 0.6 is 22.7 Å². The van der Waals surface area contributed by atoms with Gasteiger partial charge in [-0.25, -0.2) is 9.97 Å². The number of rotatable bonds is 6. The van der Waals surface area contributed by atoms with Gasteiger partial charge >= 0.3 is 0 Å². The zero-order valence-corrected chi connectivity index (χ0v) is 15.6. The third-order valence-electron chi connectivity index (χ3n) is 3.96. The summed E-state index contributed by atoms with van der Waals surface area (Å²) in [6.07, 6.45) is 4.74. The van der Waals surface area contributed by atoms with Gasteiger partial charge in [0.05, 0.1) is 12.8 Å². The van der Waals surface area contributed by atoms with Gasteiger partial charge in [-0.05, 0) is 30.7 Å². The fourth-order valence-corrected chi connectivity index (χ4v) is 4.07. The van der Waals surface area contributed by atoms with Crippen molar-refractivity contribution in [2.45, 2.75) is 12.8 Å². The molecule has 0 aliphatic carbocycles. The number of ether oxygens (including phenoxy) is 1. The summed E-state index contributed by atoms with van der Waals surface area (Å²) >= 11 is 2.99. The molecule has 4 aromatic rings. The Morgan fingerprint density at radius 2 is 2.12 bits per heavy atom. The summed E-state index contributed by atoms with van der Waals surface area (Å²) in [5.74, 6) is 0.788. The molecule has 0 spiro atoms. The molecule has 0 saturated heterocycles. The smallest absolute Gasteiger partial charge is 0.226 e. The van der Waals surface area contributed by atoms with Crippen LogP contribution in [0.4, 0.5) is 5.13 Å². The Balaban J connectivity index is 1.48. The highest BCUT2D eigenvalue weighted by atomic mass is 32.1. The first-order valence-corrected chi connectivity index (χ1v) is 9.78. The molecule has 0 radical (unpaired) electrons. The average molecular weight is 384 g/mol. The standard InChI is InChI=1S/C18H16N4O2S2/c1-24-14-5-2-12(3-6-14)15-10-22-13(11-26-18(22)20-15)4-7-16(23)21-17-19-8-9-25-17/h2-3,5-6,8-11H,4,7H2,1H3,(H,19,21,23). The average Bonchev–Trinajstić information content (AvgIpc) is 3.38. The highest BCUT2D eigenvalue weighted by Gasteiger charge is 2.12. The quantitative estimate of drug-likeness (QED) is 0.543. The number of hydrogen-bond acceptors (Lipinski definition) is 6. The zero-order valence-electron chi connectivity index (χ0n) is 14.0. The van der Waals surface area contributed by atoms with Gasteiger partial charge < -0.3 is 10.1 Å². The van der Waals surface area contributed by atoms with Crippen LogP contribution in [0.25, 0.3) is 16.2 Å². The molecule has 0 saturated carbocycles. The number of aryl methyl sites for hydroxylation is 1. The van der Waals surface area contributed by atoms with Crippen LogP contribution in [0.5, 0.6) is 5.75 Å². The van der Waals surface area contributed by atoms with Crippen LogP contribution in [0.15, 0.2) is 47.4 Å². The van der Waals surface area contributed by atoms with Gasteiger partial charge in [0.25, 0.3) is 0 Å². The lowest BCUT2D eigenvalue weighted by Gasteiger charge is -2.02. The van der Waals surface area contributed by atoms with Crippen LogP contribution in [0.3, 0.4) is 0 Å². The van der Waals surface area contributed by atoms with Gasteiger partial charge in [-0.15, -0.1) is 22.7 Å². The van der Waals surface area contributed by atoms with Crippen molar-refractivity contribution in [1.82, 2.24) is 14.4 Å². The van der Waals surface area contributed by atoms with Crippen molar-refractivity contribution in [3.8, 4) is 17.0 Å². The second-order valence-corrected chi connectivity index (χ2v) is 7.35. The predicted octanol–water partition coefficient (Wildman–Crippen LogP) is 4.10. The van der Waals surface area contributed by atoms with E-state index in [-0.39, 0.29) is 5.91 Å². The molecule has 8 heteroatoms. The van der Waals surface area contributed by atoms with E-state index in [1.807, 2.05) is 35.8 Å². The highest BCUT2D eigenvalue weighted by Crippen LogP contribution is 2.26. The van der Waals surface area contributed by atoms with E-state index >= 15 is 0 Å². The number of amides is 1. The number of carbonyl (C=O) groups excluding carboxylic acids is 1. The van der Waals surface area contributed by atoms with Gasteiger partial charge in [-0.1, -0.05) is 0 Å².